The minimum atomic E-state index is 1.44. The van der Waals surface area contributed by atoms with E-state index in [0.717, 1.165) is 0 Å². The standard InChI is InChI=1S/C26H4/c1-3-5-7-9-11-13-15-17-19-21-23-25-26-24-22-20-18-16-14-12-10-8-6-4-2/h1,4H,2H2. The maximum Gasteiger partial charge on any atom is 0 e. The second-order valence-electron chi connectivity index (χ2n) is 3.12. The lowest BCUT2D eigenvalue weighted by molar-refractivity contribution is 2.27. The largest absolute Gasteiger partial charge is 0.106 e. The monoisotopic (exact) mass is 316 g/mol. The number of hydrogen-bond donors (Lipinski definition) is 0. The fourth-order valence-corrected chi connectivity index (χ4v) is 0.717. The molecule has 0 aromatic rings. The molecule has 0 aliphatic carbocycles. The van der Waals surface area contributed by atoms with Crippen molar-refractivity contribution in [3.05, 3.63) is 12.7 Å². The third-order valence-corrected chi connectivity index (χ3v) is 1.50. The molecule has 26 heavy (non-hydrogen) atoms. The van der Waals surface area contributed by atoms with Crippen molar-refractivity contribution in [2.75, 3.05) is 0 Å². The van der Waals surface area contributed by atoms with Gasteiger partial charge in [0, 0.05) is 35.5 Å². The highest BCUT2D eigenvalue weighted by molar-refractivity contribution is 5.47. The lowest BCUT2D eigenvalue weighted by Crippen LogP contribution is -1.56. The van der Waals surface area contributed by atoms with Crippen LogP contribution in [0.2, 0.25) is 0 Å². The Labute approximate surface area is 155 Å². The Morgan fingerprint density at radius 1 is 0.385 bits per heavy atom. The Kier molecular flexibility index (Phi) is 15.3. The highest BCUT2D eigenvalue weighted by atomic mass is 13.6. The van der Waals surface area contributed by atoms with Crippen molar-refractivity contribution in [2.45, 2.75) is 0 Å². The van der Waals surface area contributed by atoms with E-state index in [9.17, 15) is 0 Å². The van der Waals surface area contributed by atoms with Gasteiger partial charge in [0.2, 0.25) is 0 Å². The first-order valence-corrected chi connectivity index (χ1v) is 6.49. The van der Waals surface area contributed by atoms with E-state index >= 15 is 0 Å². The summed E-state index contributed by atoms with van der Waals surface area (Å²) >= 11 is 0. The molecular weight excluding hydrogens is 312 g/mol. The van der Waals surface area contributed by atoms with Gasteiger partial charge < -0.3 is 0 Å². The fourth-order valence-electron chi connectivity index (χ4n) is 0.717. The van der Waals surface area contributed by atoms with Crippen molar-refractivity contribution in [2.24, 2.45) is 0 Å². The van der Waals surface area contributed by atoms with E-state index in [2.05, 4.69) is 143 Å². The molecular formula is C26H4. The van der Waals surface area contributed by atoms with Crippen LogP contribution in [0.5, 0.6) is 0 Å². The number of terminal acetylenes is 1. The SMILES string of the molecule is C#CC#CC#CC#CC#CC#CC#CC#CC#CC#CC#CC#CC=C. The predicted molar refractivity (Wildman–Crippen MR) is 105 cm³/mol. The zero-order valence-electron chi connectivity index (χ0n) is 13.4. The molecule has 0 amide bonds. The first-order chi connectivity index (χ1) is 12.9. The molecule has 0 spiro atoms. The van der Waals surface area contributed by atoms with E-state index in [1.54, 1.807) is 0 Å². The van der Waals surface area contributed by atoms with E-state index in [0.29, 0.717) is 0 Å². The molecule has 0 aliphatic heterocycles. The maximum absolute atomic E-state index is 4.91. The molecule has 0 atom stereocenters. The average Bonchev–Trinajstić information content (AvgIpc) is 2.66. The Bertz CT molecular complexity index is 1290. The minimum Gasteiger partial charge on any atom is -0.106 e. The van der Waals surface area contributed by atoms with Gasteiger partial charge in [-0.05, 0) is 101 Å². The molecule has 0 saturated carbocycles. The topological polar surface area (TPSA) is 0 Å². The van der Waals surface area contributed by atoms with Gasteiger partial charge >= 0.3 is 0 Å². The molecule has 0 N–H and O–H groups in total. The molecule has 0 heterocycles. The van der Waals surface area contributed by atoms with Crippen molar-refractivity contribution in [3.8, 4) is 143 Å². The van der Waals surface area contributed by atoms with Gasteiger partial charge in [-0.2, -0.15) is 0 Å². The lowest BCUT2D eigenvalue weighted by Gasteiger charge is -1.57. The quantitative estimate of drug-likeness (QED) is 0.581. The Morgan fingerprint density at radius 3 is 0.846 bits per heavy atom. The van der Waals surface area contributed by atoms with Gasteiger partial charge in [-0.3, -0.25) is 0 Å². The summed E-state index contributed by atoms with van der Waals surface area (Å²) in [5.41, 5.74) is 0. The fraction of sp³-hybridized carbons (Fsp3) is 0. The van der Waals surface area contributed by atoms with E-state index < -0.39 is 0 Å². The molecule has 0 rings (SSSR count). The van der Waals surface area contributed by atoms with Crippen LogP contribution in [-0.2, 0) is 0 Å². The molecule has 0 radical (unpaired) electrons. The van der Waals surface area contributed by atoms with E-state index in [-0.39, 0.29) is 0 Å². The summed E-state index contributed by atoms with van der Waals surface area (Å²) < 4.78 is 0. The summed E-state index contributed by atoms with van der Waals surface area (Å²) in [5.74, 6) is 56.7. The van der Waals surface area contributed by atoms with Gasteiger partial charge in [-0.1, -0.05) is 12.5 Å². The van der Waals surface area contributed by atoms with Gasteiger partial charge in [-0.25, -0.2) is 0 Å². The molecule has 108 valence electrons. The third-order valence-electron chi connectivity index (χ3n) is 1.50. The summed E-state index contributed by atoms with van der Waals surface area (Å²) in [7, 11) is 0. The molecule has 0 aromatic heterocycles. The molecule has 0 bridgehead atoms. The van der Waals surface area contributed by atoms with E-state index in [1.807, 2.05) is 0 Å². The van der Waals surface area contributed by atoms with Crippen molar-refractivity contribution in [3.63, 3.8) is 0 Å². The van der Waals surface area contributed by atoms with Crippen LogP contribution in [0.1, 0.15) is 0 Å². The van der Waals surface area contributed by atoms with E-state index in [1.165, 1.54) is 6.08 Å². The zero-order valence-corrected chi connectivity index (χ0v) is 13.4. The third kappa shape index (κ3) is 18.5. The van der Waals surface area contributed by atoms with Crippen LogP contribution < -0.4 is 0 Å². The summed E-state index contributed by atoms with van der Waals surface area (Å²) in [5, 5.41) is 0. The Hall–Kier alpha value is -5.54. The molecule has 0 nitrogen and oxygen atoms in total. The van der Waals surface area contributed by atoms with Crippen molar-refractivity contribution in [1.82, 2.24) is 0 Å². The number of allylic oxidation sites excluding steroid dienone is 1. The highest BCUT2D eigenvalue weighted by Gasteiger charge is 1.59. The number of rotatable bonds is 0. The summed E-state index contributed by atoms with van der Waals surface area (Å²) in [4.78, 5) is 0. The van der Waals surface area contributed by atoms with Crippen molar-refractivity contribution < 1.29 is 0 Å². The van der Waals surface area contributed by atoms with Gasteiger partial charge in [0.05, 0.1) is 0 Å². The first-order valence-electron chi connectivity index (χ1n) is 6.49. The highest BCUT2D eigenvalue weighted by Crippen LogP contribution is 1.59. The minimum absolute atomic E-state index is 1.44. The lowest BCUT2D eigenvalue weighted by atomic mass is 10.4. The van der Waals surface area contributed by atoms with Crippen LogP contribution in [0.4, 0.5) is 0 Å². The average molecular weight is 316 g/mol. The van der Waals surface area contributed by atoms with Crippen LogP contribution in [0.3, 0.4) is 0 Å². The second kappa shape index (κ2) is 19.5. The number of hydrogen-bond acceptors (Lipinski definition) is 0. The van der Waals surface area contributed by atoms with Crippen molar-refractivity contribution in [1.29, 1.82) is 0 Å². The zero-order chi connectivity index (χ0) is 19.0. The van der Waals surface area contributed by atoms with Crippen LogP contribution in [0, 0.1) is 143 Å². The summed E-state index contributed by atoms with van der Waals surface area (Å²) in [6.45, 7) is 3.43. The van der Waals surface area contributed by atoms with Gasteiger partial charge in [0.25, 0.3) is 0 Å². The molecule has 0 heteroatoms. The first kappa shape index (κ1) is 20.5. The maximum atomic E-state index is 4.91. The van der Waals surface area contributed by atoms with E-state index in [4.69, 9.17) is 6.42 Å². The van der Waals surface area contributed by atoms with Gasteiger partial charge in [0.1, 0.15) is 0 Å². The summed E-state index contributed by atoms with van der Waals surface area (Å²) in [6.07, 6.45) is 6.36. The molecule has 0 aliphatic rings. The van der Waals surface area contributed by atoms with Gasteiger partial charge in [0.15, 0.2) is 0 Å². The van der Waals surface area contributed by atoms with Crippen LogP contribution in [0.25, 0.3) is 0 Å². The summed E-state index contributed by atoms with van der Waals surface area (Å²) in [6, 6.07) is 0. The van der Waals surface area contributed by atoms with Crippen molar-refractivity contribution >= 4 is 0 Å². The Balaban J connectivity index is 4.42. The smallest absolute Gasteiger partial charge is 0 e. The molecule has 0 fully saturated rings. The van der Waals surface area contributed by atoms with Crippen LogP contribution in [0.15, 0.2) is 12.7 Å². The van der Waals surface area contributed by atoms with Crippen LogP contribution in [-0.4, -0.2) is 0 Å². The van der Waals surface area contributed by atoms with Crippen LogP contribution >= 0.6 is 0 Å². The normalized spacial score (nSPS) is 3.96. The molecule has 0 unspecified atom stereocenters. The predicted octanol–water partition coefficient (Wildman–Crippen LogP) is 0.843. The van der Waals surface area contributed by atoms with Gasteiger partial charge in [-0.15, -0.1) is 6.42 Å². The molecule has 0 aromatic carbocycles. The second-order valence-corrected chi connectivity index (χ2v) is 3.12. The Morgan fingerprint density at radius 2 is 0.615 bits per heavy atom. The molecule has 0 saturated heterocycles.